The molecule has 1 aromatic rings. The van der Waals surface area contributed by atoms with Crippen molar-refractivity contribution in [3.8, 4) is 5.75 Å². The molecule has 17 heavy (non-hydrogen) atoms. The second kappa shape index (κ2) is 5.04. The molecule has 0 bridgehead atoms. The molecule has 1 fully saturated rings. The van der Waals surface area contributed by atoms with E-state index in [-0.39, 0.29) is 0 Å². The zero-order valence-corrected chi connectivity index (χ0v) is 10.6. The lowest BCUT2D eigenvalue weighted by Gasteiger charge is -2.47. The third-order valence-electron chi connectivity index (χ3n) is 3.24. The van der Waals surface area contributed by atoms with Crippen molar-refractivity contribution in [2.75, 3.05) is 34.4 Å². The second-order valence-electron chi connectivity index (χ2n) is 4.31. The van der Waals surface area contributed by atoms with Crippen molar-refractivity contribution in [1.29, 1.82) is 0 Å². The highest BCUT2D eigenvalue weighted by atomic mass is 16.7. The van der Waals surface area contributed by atoms with Gasteiger partial charge in [-0.2, -0.15) is 0 Å². The molecule has 0 unspecified atom stereocenters. The Morgan fingerprint density at radius 3 is 2.12 bits per heavy atom. The first-order chi connectivity index (χ1) is 8.21. The molecule has 94 valence electrons. The standard InChI is InChI=1S/C13H19NO3/c1-15-12-6-4-11(5-7-12)8-14-9-13(10-14,16-2)17-3/h4-7H,8-10H2,1-3H3. The molecule has 1 heterocycles. The van der Waals surface area contributed by atoms with Crippen molar-refractivity contribution in [3.63, 3.8) is 0 Å². The van der Waals surface area contributed by atoms with Gasteiger partial charge >= 0.3 is 0 Å². The van der Waals surface area contributed by atoms with Gasteiger partial charge in [0.25, 0.3) is 0 Å². The number of hydrogen-bond donors (Lipinski definition) is 0. The summed E-state index contributed by atoms with van der Waals surface area (Å²) in [6, 6.07) is 8.13. The van der Waals surface area contributed by atoms with E-state index in [2.05, 4.69) is 17.0 Å². The lowest BCUT2D eigenvalue weighted by atomic mass is 10.1. The van der Waals surface area contributed by atoms with Gasteiger partial charge in [0.05, 0.1) is 20.2 Å². The van der Waals surface area contributed by atoms with E-state index in [9.17, 15) is 0 Å². The number of methoxy groups -OCH3 is 3. The average molecular weight is 237 g/mol. The summed E-state index contributed by atoms with van der Waals surface area (Å²) in [7, 11) is 5.05. The molecule has 4 heteroatoms. The summed E-state index contributed by atoms with van der Waals surface area (Å²) in [5, 5.41) is 0. The molecule has 1 aliphatic rings. The maximum absolute atomic E-state index is 5.34. The molecule has 0 radical (unpaired) electrons. The van der Waals surface area contributed by atoms with Crippen molar-refractivity contribution in [1.82, 2.24) is 4.90 Å². The zero-order chi connectivity index (χ0) is 12.3. The molecular weight excluding hydrogens is 218 g/mol. The van der Waals surface area contributed by atoms with Crippen LogP contribution in [0.1, 0.15) is 5.56 Å². The molecule has 0 saturated carbocycles. The Labute approximate surface area is 102 Å². The van der Waals surface area contributed by atoms with E-state index in [1.165, 1.54) is 5.56 Å². The maximum Gasteiger partial charge on any atom is 0.193 e. The highest BCUT2D eigenvalue weighted by Crippen LogP contribution is 2.27. The number of rotatable bonds is 5. The summed E-state index contributed by atoms with van der Waals surface area (Å²) in [6.07, 6.45) is 0. The molecule has 0 N–H and O–H groups in total. The topological polar surface area (TPSA) is 30.9 Å². The Kier molecular flexibility index (Phi) is 3.66. The SMILES string of the molecule is COc1ccc(CN2CC(OC)(OC)C2)cc1. The van der Waals surface area contributed by atoms with Crippen LogP contribution < -0.4 is 4.74 Å². The Morgan fingerprint density at radius 1 is 1.06 bits per heavy atom. The molecule has 0 spiro atoms. The van der Waals surface area contributed by atoms with Gasteiger partial charge in [0.1, 0.15) is 5.75 Å². The fraction of sp³-hybridized carbons (Fsp3) is 0.538. The van der Waals surface area contributed by atoms with Gasteiger partial charge in [-0.05, 0) is 17.7 Å². The van der Waals surface area contributed by atoms with Gasteiger partial charge < -0.3 is 14.2 Å². The van der Waals surface area contributed by atoms with Crippen LogP contribution in [0.25, 0.3) is 0 Å². The van der Waals surface area contributed by atoms with Crippen molar-refractivity contribution in [3.05, 3.63) is 29.8 Å². The highest BCUT2D eigenvalue weighted by Gasteiger charge is 2.43. The minimum absolute atomic E-state index is 0.396. The lowest BCUT2D eigenvalue weighted by molar-refractivity contribution is -0.277. The van der Waals surface area contributed by atoms with Crippen LogP contribution in [0.5, 0.6) is 5.75 Å². The Hall–Kier alpha value is -1.10. The molecule has 4 nitrogen and oxygen atoms in total. The van der Waals surface area contributed by atoms with Crippen LogP contribution in [-0.4, -0.2) is 45.1 Å². The molecule has 2 rings (SSSR count). The van der Waals surface area contributed by atoms with Gasteiger partial charge in [-0.15, -0.1) is 0 Å². The molecule has 0 atom stereocenters. The minimum Gasteiger partial charge on any atom is -0.497 e. The van der Waals surface area contributed by atoms with Crippen LogP contribution in [0.4, 0.5) is 0 Å². The second-order valence-corrected chi connectivity index (χ2v) is 4.31. The van der Waals surface area contributed by atoms with Crippen LogP contribution in [-0.2, 0) is 16.0 Å². The van der Waals surface area contributed by atoms with E-state index in [1.54, 1.807) is 21.3 Å². The molecule has 0 amide bonds. The van der Waals surface area contributed by atoms with E-state index in [0.717, 1.165) is 25.4 Å². The predicted octanol–water partition coefficient (Wildman–Crippen LogP) is 1.50. The van der Waals surface area contributed by atoms with Crippen molar-refractivity contribution in [2.45, 2.75) is 12.3 Å². The third-order valence-corrected chi connectivity index (χ3v) is 3.24. The highest BCUT2D eigenvalue weighted by molar-refractivity contribution is 5.27. The summed E-state index contributed by atoms with van der Waals surface area (Å²) < 4.78 is 15.8. The monoisotopic (exact) mass is 237 g/mol. The minimum atomic E-state index is -0.396. The molecule has 0 aliphatic carbocycles. The Balaban J connectivity index is 1.87. The van der Waals surface area contributed by atoms with Gasteiger partial charge in [0.2, 0.25) is 0 Å². The normalized spacial score (nSPS) is 18.8. The van der Waals surface area contributed by atoms with E-state index in [0.29, 0.717) is 0 Å². The molecule has 1 aromatic carbocycles. The molecule has 0 aromatic heterocycles. The van der Waals surface area contributed by atoms with E-state index in [1.807, 2.05) is 12.1 Å². The smallest absolute Gasteiger partial charge is 0.193 e. The van der Waals surface area contributed by atoms with E-state index < -0.39 is 5.79 Å². The lowest BCUT2D eigenvalue weighted by Crippen LogP contribution is -2.63. The summed E-state index contributed by atoms with van der Waals surface area (Å²) in [4.78, 5) is 2.29. The van der Waals surface area contributed by atoms with Gasteiger partial charge in [0.15, 0.2) is 5.79 Å². The van der Waals surface area contributed by atoms with Crippen LogP contribution in [0.15, 0.2) is 24.3 Å². The van der Waals surface area contributed by atoms with Crippen molar-refractivity contribution >= 4 is 0 Å². The number of benzene rings is 1. The first-order valence-corrected chi connectivity index (χ1v) is 5.67. The van der Waals surface area contributed by atoms with Crippen molar-refractivity contribution in [2.24, 2.45) is 0 Å². The van der Waals surface area contributed by atoms with Crippen LogP contribution >= 0.6 is 0 Å². The van der Waals surface area contributed by atoms with Crippen LogP contribution in [0.2, 0.25) is 0 Å². The third kappa shape index (κ3) is 2.60. The van der Waals surface area contributed by atoms with Gasteiger partial charge in [0, 0.05) is 20.8 Å². The summed E-state index contributed by atoms with van der Waals surface area (Å²) in [5.74, 6) is 0.493. The van der Waals surface area contributed by atoms with E-state index >= 15 is 0 Å². The molecule has 1 saturated heterocycles. The van der Waals surface area contributed by atoms with Gasteiger partial charge in [-0.1, -0.05) is 12.1 Å². The predicted molar refractivity (Wildman–Crippen MR) is 65.0 cm³/mol. The Bertz CT molecular complexity index is 351. The quantitative estimate of drug-likeness (QED) is 0.726. The summed E-state index contributed by atoms with van der Waals surface area (Å²) >= 11 is 0. The number of nitrogens with zero attached hydrogens (tertiary/aromatic N) is 1. The number of likely N-dealkylation sites (tertiary alicyclic amines) is 1. The Morgan fingerprint density at radius 2 is 1.65 bits per heavy atom. The van der Waals surface area contributed by atoms with Gasteiger partial charge in [-0.3, -0.25) is 4.90 Å². The average Bonchev–Trinajstić information content (AvgIpc) is 2.34. The van der Waals surface area contributed by atoms with E-state index in [4.69, 9.17) is 14.2 Å². The van der Waals surface area contributed by atoms with Gasteiger partial charge in [-0.25, -0.2) is 0 Å². The maximum atomic E-state index is 5.34. The molecular formula is C13H19NO3. The fourth-order valence-corrected chi connectivity index (χ4v) is 2.08. The first kappa shape index (κ1) is 12.4. The largest absolute Gasteiger partial charge is 0.497 e. The number of ether oxygens (including phenoxy) is 3. The zero-order valence-electron chi connectivity index (χ0n) is 10.6. The number of hydrogen-bond acceptors (Lipinski definition) is 4. The first-order valence-electron chi connectivity index (χ1n) is 5.67. The van der Waals surface area contributed by atoms with Crippen LogP contribution in [0, 0.1) is 0 Å². The van der Waals surface area contributed by atoms with Crippen molar-refractivity contribution < 1.29 is 14.2 Å². The summed E-state index contributed by atoms with van der Waals surface area (Å²) in [5.41, 5.74) is 1.27. The fourth-order valence-electron chi connectivity index (χ4n) is 2.08. The van der Waals surface area contributed by atoms with Crippen LogP contribution in [0.3, 0.4) is 0 Å². The summed E-state index contributed by atoms with van der Waals surface area (Å²) in [6.45, 7) is 2.54. The molecule has 1 aliphatic heterocycles.